The molecule has 6 heteroatoms. The molecule has 10 rings (SSSR count). The summed E-state index contributed by atoms with van der Waals surface area (Å²) in [4.78, 5) is 13.5. The Morgan fingerprint density at radius 1 is 0.734 bits per heavy atom. The number of rotatable bonds is 5. The minimum absolute atomic E-state index is 0. The number of anilines is 1. The molecule has 1 aliphatic carbocycles. The third-order valence-corrected chi connectivity index (χ3v) is 15.8. The van der Waals surface area contributed by atoms with E-state index in [-0.39, 0.29) is 37.8 Å². The fraction of sp³-hybridized carbons (Fsp3) is 0.379. The first-order valence-electron chi connectivity index (χ1n) is 22.9. The minimum Gasteiger partial charge on any atom is -0.503 e. The van der Waals surface area contributed by atoms with Gasteiger partial charge in [-0.15, -0.1) is 34.4 Å². The number of fused-ring (bicyclic) bond motifs is 8. The molecule has 5 nitrogen and oxygen atoms in total. The van der Waals surface area contributed by atoms with Gasteiger partial charge in [-0.1, -0.05) is 97.5 Å². The molecule has 0 bridgehead atoms. The second-order valence-electron chi connectivity index (χ2n) is 21.4. The van der Waals surface area contributed by atoms with Crippen molar-refractivity contribution in [2.24, 2.45) is 4.99 Å². The zero-order chi connectivity index (χ0) is 45.0. The average Bonchev–Trinajstić information content (AvgIpc) is 3.76. The van der Waals surface area contributed by atoms with E-state index in [0.29, 0.717) is 11.5 Å². The Bertz CT molecular complexity index is 3150. The van der Waals surface area contributed by atoms with Gasteiger partial charge in [0, 0.05) is 34.2 Å². The van der Waals surface area contributed by atoms with Crippen molar-refractivity contribution < 1.29 is 25.8 Å². The van der Waals surface area contributed by atoms with E-state index in [0.717, 1.165) is 40.1 Å². The Kier molecular flexibility index (Phi) is 10.0. The second kappa shape index (κ2) is 14.5. The fourth-order valence-corrected chi connectivity index (χ4v) is 11.2. The van der Waals surface area contributed by atoms with E-state index < -0.39 is 11.1 Å². The topological polar surface area (TPSA) is 42.6 Å². The summed E-state index contributed by atoms with van der Waals surface area (Å²) >= 11 is 0. The van der Waals surface area contributed by atoms with E-state index in [1.807, 2.05) is 6.20 Å². The number of aryl methyl sites for hydroxylation is 4. The number of ether oxygens (including phenoxy) is 1. The van der Waals surface area contributed by atoms with Gasteiger partial charge in [0.15, 0.2) is 0 Å². The standard InChI is InChI=1S/C58H62N4O.Pt/c1-31(2)39-24-40(53-60-57(15)30-45-36(7)32(3)19-20-46(45)58(57,16)62(53)51-37(8)33(4)22-34(5)38(51)9)26-42(25-39)63-50-29-49-47(23-35(50)6)56(13,14)48-28-41(55(10,11)12)27-44-43-18-17-21-59-54(43)61(49)52(44)48;/h17-25,27-28,31H,30H2,1-16H3;/q-2;+2/t57-,58+;/m1./s1. The first-order valence-corrected chi connectivity index (χ1v) is 22.9. The number of hydrogen-bond donors (Lipinski definition) is 0. The Morgan fingerprint density at radius 3 is 2.11 bits per heavy atom. The second-order valence-corrected chi connectivity index (χ2v) is 21.4. The number of pyridine rings is 1. The van der Waals surface area contributed by atoms with Gasteiger partial charge in [0.2, 0.25) is 0 Å². The Hall–Kier alpha value is -4.99. The summed E-state index contributed by atoms with van der Waals surface area (Å²) in [6.07, 6.45) is 2.78. The molecule has 2 aromatic heterocycles. The molecule has 4 heterocycles. The number of nitrogens with zero attached hydrogens (tertiary/aromatic N) is 4. The first-order chi connectivity index (χ1) is 29.6. The smallest absolute Gasteiger partial charge is 0.503 e. The van der Waals surface area contributed by atoms with Crippen LogP contribution in [0.5, 0.6) is 11.5 Å². The number of aliphatic imine (C=N–C) groups is 1. The molecular formula is C58H62N4OPt. The van der Waals surface area contributed by atoms with Crippen LogP contribution in [0.1, 0.15) is 146 Å². The van der Waals surface area contributed by atoms with Gasteiger partial charge in [0.25, 0.3) is 0 Å². The van der Waals surface area contributed by atoms with Gasteiger partial charge < -0.3 is 19.2 Å². The van der Waals surface area contributed by atoms with Crippen molar-refractivity contribution in [3.63, 3.8) is 0 Å². The quantitative estimate of drug-likeness (QED) is 0.161. The van der Waals surface area contributed by atoms with Gasteiger partial charge in [-0.2, -0.15) is 6.07 Å². The SMILES string of the molecule is Cc1cc2c([c-]c1Oc1[c-]c(C3=N[C@]4(C)Cc5c(ccc(C)c5C)[C@]4(C)N3c3c(C)c(C)cc(C)c3C)cc(C(C)C)c1)-n1c3ncccc3c3cc(C(C)(C)C)cc(c31)C2(C)C.[Pt+2]. The van der Waals surface area contributed by atoms with Crippen LogP contribution in [0.25, 0.3) is 27.6 Å². The van der Waals surface area contributed by atoms with Crippen molar-refractivity contribution >= 4 is 33.5 Å². The van der Waals surface area contributed by atoms with Crippen molar-refractivity contribution in [3.05, 3.63) is 157 Å². The number of benzene rings is 5. The Labute approximate surface area is 395 Å². The summed E-state index contributed by atoms with van der Waals surface area (Å²) in [7, 11) is 0. The molecule has 330 valence electrons. The fourth-order valence-electron chi connectivity index (χ4n) is 11.2. The molecule has 64 heavy (non-hydrogen) atoms. The molecule has 0 saturated carbocycles. The van der Waals surface area contributed by atoms with Crippen LogP contribution in [0.2, 0.25) is 0 Å². The van der Waals surface area contributed by atoms with E-state index in [4.69, 9.17) is 14.7 Å². The molecule has 3 aliphatic rings. The molecule has 0 radical (unpaired) electrons. The van der Waals surface area contributed by atoms with Crippen LogP contribution in [0.4, 0.5) is 5.69 Å². The van der Waals surface area contributed by atoms with Gasteiger partial charge in [0.05, 0.1) is 22.4 Å². The minimum atomic E-state index is -0.437. The molecule has 0 fully saturated rings. The van der Waals surface area contributed by atoms with Crippen molar-refractivity contribution in [3.8, 4) is 17.2 Å². The zero-order valence-electron chi connectivity index (χ0n) is 40.6. The average molecular weight is 1030 g/mol. The van der Waals surface area contributed by atoms with Crippen LogP contribution in [-0.4, -0.2) is 20.9 Å². The van der Waals surface area contributed by atoms with Crippen molar-refractivity contribution in [1.29, 1.82) is 0 Å². The summed E-state index contributed by atoms with van der Waals surface area (Å²) in [5.41, 5.74) is 20.9. The normalized spacial score (nSPS) is 19.5. The van der Waals surface area contributed by atoms with Crippen molar-refractivity contribution in [1.82, 2.24) is 9.55 Å². The van der Waals surface area contributed by atoms with E-state index in [1.165, 1.54) is 83.4 Å². The zero-order valence-corrected chi connectivity index (χ0v) is 42.9. The predicted molar refractivity (Wildman–Crippen MR) is 262 cm³/mol. The molecule has 5 aromatic carbocycles. The maximum absolute atomic E-state index is 7.11. The molecule has 7 aromatic rings. The van der Waals surface area contributed by atoms with Gasteiger partial charge >= 0.3 is 21.1 Å². The Morgan fingerprint density at radius 2 is 1.44 bits per heavy atom. The van der Waals surface area contributed by atoms with E-state index in [1.54, 1.807) is 0 Å². The molecule has 2 aliphatic heterocycles. The summed E-state index contributed by atoms with van der Waals surface area (Å²) < 4.78 is 9.44. The molecule has 2 atom stereocenters. The molecule has 0 spiro atoms. The largest absolute Gasteiger partial charge is 2.00 e. The predicted octanol–water partition coefficient (Wildman–Crippen LogP) is 14.3. The first kappa shape index (κ1) is 44.2. The third kappa shape index (κ3) is 6.04. The van der Waals surface area contributed by atoms with Crippen molar-refractivity contribution in [2.75, 3.05) is 4.90 Å². The van der Waals surface area contributed by atoms with Gasteiger partial charge in [-0.05, 0) is 152 Å². The summed E-state index contributed by atoms with van der Waals surface area (Å²) in [6.45, 7) is 36.6. The van der Waals surface area contributed by atoms with E-state index in [2.05, 4.69) is 193 Å². The van der Waals surface area contributed by atoms with Crippen LogP contribution in [0.15, 0.2) is 71.9 Å². The molecule has 0 saturated heterocycles. The maximum atomic E-state index is 7.11. The summed E-state index contributed by atoms with van der Waals surface area (Å²) in [5, 5.41) is 2.38. The van der Waals surface area contributed by atoms with E-state index >= 15 is 0 Å². The van der Waals surface area contributed by atoms with E-state index in [9.17, 15) is 0 Å². The third-order valence-electron chi connectivity index (χ3n) is 15.8. The number of aromatic nitrogens is 2. The number of amidine groups is 1. The molecule has 0 N–H and O–H groups in total. The van der Waals surface area contributed by atoms with Gasteiger partial charge in [-0.3, -0.25) is 0 Å². The maximum Gasteiger partial charge on any atom is 2.00 e. The molecule has 0 unspecified atom stereocenters. The monoisotopic (exact) mass is 1030 g/mol. The van der Waals surface area contributed by atoms with Crippen molar-refractivity contribution in [2.45, 2.75) is 145 Å². The van der Waals surface area contributed by atoms with Crippen LogP contribution in [-0.2, 0) is 43.9 Å². The van der Waals surface area contributed by atoms with Crippen LogP contribution in [0, 0.1) is 60.6 Å². The van der Waals surface area contributed by atoms with Crippen LogP contribution >= 0.6 is 0 Å². The van der Waals surface area contributed by atoms with Gasteiger partial charge in [-0.25, -0.2) is 4.98 Å². The Balaban J connectivity index is 0.00000518. The number of hydrogen-bond acceptors (Lipinski definition) is 4. The molecular weight excluding hydrogens is 964 g/mol. The van der Waals surface area contributed by atoms with Crippen LogP contribution in [0.3, 0.4) is 0 Å². The molecule has 0 amide bonds. The summed E-state index contributed by atoms with van der Waals surface area (Å²) in [5.74, 6) is 2.54. The van der Waals surface area contributed by atoms with Crippen LogP contribution < -0.4 is 9.64 Å². The summed E-state index contributed by atoms with van der Waals surface area (Å²) in [6, 6.07) is 30.6. The van der Waals surface area contributed by atoms with Gasteiger partial charge in [0.1, 0.15) is 5.65 Å².